The van der Waals surface area contributed by atoms with Crippen molar-refractivity contribution >= 4 is 17.1 Å². The number of hydrogen-bond acceptors (Lipinski definition) is 6. The van der Waals surface area contributed by atoms with Crippen molar-refractivity contribution in [1.82, 2.24) is 29.9 Å². The first-order valence-electron chi connectivity index (χ1n) is 10.4. The highest BCUT2D eigenvalue weighted by Crippen LogP contribution is 2.28. The van der Waals surface area contributed by atoms with Crippen LogP contribution in [0.4, 0.5) is 5.69 Å². The molecule has 0 saturated carbocycles. The SMILES string of the molecule is CC[C@H]1CNC[C@H]1Nc1cc(C(N)=O)nn2cc(-c3cn(-c4ccccc4)nn3)cc12. The Kier molecular flexibility index (Phi) is 4.87. The third-order valence-electron chi connectivity index (χ3n) is 5.84. The highest BCUT2D eigenvalue weighted by atomic mass is 16.1. The van der Waals surface area contributed by atoms with Crippen LogP contribution in [0.25, 0.3) is 22.5 Å². The van der Waals surface area contributed by atoms with E-state index in [9.17, 15) is 4.79 Å². The first-order valence-corrected chi connectivity index (χ1v) is 10.4. The molecule has 1 fully saturated rings. The lowest BCUT2D eigenvalue weighted by atomic mass is 10.0. The molecule has 4 heterocycles. The average molecular weight is 416 g/mol. The van der Waals surface area contributed by atoms with E-state index in [2.05, 4.69) is 33.0 Å². The summed E-state index contributed by atoms with van der Waals surface area (Å²) in [6, 6.07) is 13.8. The minimum atomic E-state index is -0.563. The van der Waals surface area contributed by atoms with Crippen molar-refractivity contribution in [2.75, 3.05) is 18.4 Å². The number of nitrogens with zero attached hydrogens (tertiary/aromatic N) is 5. The lowest BCUT2D eigenvalue weighted by Crippen LogP contribution is -2.28. The molecule has 158 valence electrons. The molecule has 9 nitrogen and oxygen atoms in total. The van der Waals surface area contributed by atoms with E-state index in [-0.39, 0.29) is 11.7 Å². The van der Waals surface area contributed by atoms with Gasteiger partial charge >= 0.3 is 0 Å². The second-order valence-electron chi connectivity index (χ2n) is 7.83. The third kappa shape index (κ3) is 3.64. The summed E-state index contributed by atoms with van der Waals surface area (Å²) in [5, 5.41) is 20.0. The Balaban J connectivity index is 1.54. The number of rotatable bonds is 6. The van der Waals surface area contributed by atoms with Gasteiger partial charge in [-0.3, -0.25) is 4.79 Å². The van der Waals surface area contributed by atoms with E-state index in [1.807, 2.05) is 48.8 Å². The van der Waals surface area contributed by atoms with Crippen LogP contribution >= 0.6 is 0 Å². The van der Waals surface area contributed by atoms with Crippen LogP contribution in [0.15, 0.2) is 54.9 Å². The van der Waals surface area contributed by atoms with E-state index in [0.29, 0.717) is 5.92 Å². The molecular weight excluding hydrogens is 392 g/mol. The van der Waals surface area contributed by atoms with Crippen molar-refractivity contribution < 1.29 is 4.79 Å². The van der Waals surface area contributed by atoms with E-state index in [1.165, 1.54) is 0 Å². The first-order chi connectivity index (χ1) is 15.1. The number of nitrogens with one attached hydrogen (secondary N) is 2. The van der Waals surface area contributed by atoms with Gasteiger partial charge in [0.2, 0.25) is 0 Å². The second-order valence-corrected chi connectivity index (χ2v) is 7.83. The normalized spacial score (nSPS) is 18.5. The zero-order valence-corrected chi connectivity index (χ0v) is 17.2. The van der Waals surface area contributed by atoms with Gasteiger partial charge < -0.3 is 16.4 Å². The van der Waals surface area contributed by atoms with E-state index in [4.69, 9.17) is 5.73 Å². The molecule has 3 aromatic heterocycles. The largest absolute Gasteiger partial charge is 0.379 e. The Bertz CT molecular complexity index is 1230. The lowest BCUT2D eigenvalue weighted by Gasteiger charge is -2.20. The molecule has 31 heavy (non-hydrogen) atoms. The molecule has 9 heteroatoms. The van der Waals surface area contributed by atoms with Crippen LogP contribution in [-0.2, 0) is 0 Å². The van der Waals surface area contributed by atoms with E-state index in [0.717, 1.165) is 47.7 Å². The summed E-state index contributed by atoms with van der Waals surface area (Å²) < 4.78 is 3.41. The summed E-state index contributed by atoms with van der Waals surface area (Å²) in [7, 11) is 0. The molecule has 1 aliphatic heterocycles. The number of aromatic nitrogens is 5. The van der Waals surface area contributed by atoms with Crippen LogP contribution in [0.1, 0.15) is 23.8 Å². The van der Waals surface area contributed by atoms with Gasteiger partial charge in [-0.05, 0) is 30.2 Å². The molecule has 5 rings (SSSR count). The van der Waals surface area contributed by atoms with Crippen LogP contribution in [0.5, 0.6) is 0 Å². The topological polar surface area (TPSA) is 115 Å². The number of primary amides is 1. The summed E-state index contributed by atoms with van der Waals surface area (Å²) in [6.07, 6.45) is 4.79. The Morgan fingerprint density at radius 2 is 2.06 bits per heavy atom. The number of carbonyl (C=O) groups excluding carboxylic acids is 1. The summed E-state index contributed by atoms with van der Waals surface area (Å²) in [5.41, 5.74) is 9.95. The first kappa shape index (κ1) is 19.3. The van der Waals surface area contributed by atoms with Gasteiger partial charge in [-0.2, -0.15) is 5.10 Å². The molecule has 0 spiro atoms. The predicted molar refractivity (Wildman–Crippen MR) is 118 cm³/mol. The molecule has 0 bridgehead atoms. The van der Waals surface area contributed by atoms with Gasteiger partial charge in [-0.25, -0.2) is 9.20 Å². The molecule has 4 N–H and O–H groups in total. The lowest BCUT2D eigenvalue weighted by molar-refractivity contribution is 0.0994. The molecule has 4 aromatic rings. The van der Waals surface area contributed by atoms with Crippen molar-refractivity contribution in [3.05, 3.63) is 60.6 Å². The van der Waals surface area contributed by atoms with Crippen molar-refractivity contribution in [3.8, 4) is 16.9 Å². The van der Waals surface area contributed by atoms with Crippen LogP contribution in [0.3, 0.4) is 0 Å². The number of fused-ring (bicyclic) bond motifs is 1. The minimum absolute atomic E-state index is 0.212. The molecule has 0 radical (unpaired) electrons. The van der Waals surface area contributed by atoms with Gasteiger partial charge in [0, 0.05) is 30.9 Å². The highest BCUT2D eigenvalue weighted by Gasteiger charge is 2.26. The standard InChI is InChI=1S/C22H24N8O/c1-2-14-10-24-11-19(14)25-17-9-18(22(23)31)27-30-12-15(8-21(17)30)20-13-29(28-26-20)16-6-4-3-5-7-16/h3-9,12-14,19,24-25H,2,10-11H2,1H3,(H2,23,31)/t14-,19+/m0/s1. The van der Waals surface area contributed by atoms with Crippen LogP contribution in [0.2, 0.25) is 0 Å². The van der Waals surface area contributed by atoms with Gasteiger partial charge in [0.15, 0.2) is 5.69 Å². The van der Waals surface area contributed by atoms with Crippen molar-refractivity contribution in [1.29, 1.82) is 0 Å². The van der Waals surface area contributed by atoms with Gasteiger partial charge in [-0.15, -0.1) is 5.10 Å². The Morgan fingerprint density at radius 3 is 2.84 bits per heavy atom. The van der Waals surface area contributed by atoms with Crippen LogP contribution in [0, 0.1) is 5.92 Å². The number of hydrogen-bond donors (Lipinski definition) is 3. The van der Waals surface area contributed by atoms with Gasteiger partial charge in [0.05, 0.1) is 23.1 Å². The van der Waals surface area contributed by atoms with E-state index in [1.54, 1.807) is 15.3 Å². The minimum Gasteiger partial charge on any atom is -0.379 e. The summed E-state index contributed by atoms with van der Waals surface area (Å²) in [4.78, 5) is 11.9. The zero-order chi connectivity index (χ0) is 21.4. The number of carbonyl (C=O) groups is 1. The van der Waals surface area contributed by atoms with Crippen LogP contribution < -0.4 is 16.4 Å². The number of benzene rings is 1. The Morgan fingerprint density at radius 1 is 1.23 bits per heavy atom. The maximum Gasteiger partial charge on any atom is 0.269 e. The zero-order valence-electron chi connectivity index (χ0n) is 17.2. The monoisotopic (exact) mass is 416 g/mol. The summed E-state index contributed by atoms with van der Waals surface area (Å²) >= 11 is 0. The fourth-order valence-corrected chi connectivity index (χ4v) is 4.10. The molecule has 1 aliphatic rings. The fraction of sp³-hybridized carbons (Fsp3) is 0.273. The highest BCUT2D eigenvalue weighted by molar-refractivity contribution is 5.93. The third-order valence-corrected chi connectivity index (χ3v) is 5.84. The molecule has 0 unspecified atom stereocenters. The van der Waals surface area contributed by atoms with Gasteiger partial charge in [0.25, 0.3) is 5.91 Å². The van der Waals surface area contributed by atoms with Crippen LogP contribution in [-0.4, -0.2) is 49.6 Å². The molecule has 1 aromatic carbocycles. The predicted octanol–water partition coefficient (Wildman–Crippen LogP) is 2.09. The Labute approximate surface area is 179 Å². The quantitative estimate of drug-likeness (QED) is 0.443. The number of nitrogens with two attached hydrogens (primary N) is 1. The maximum absolute atomic E-state index is 11.9. The molecule has 0 aliphatic carbocycles. The summed E-state index contributed by atoms with van der Waals surface area (Å²) in [5.74, 6) is -0.0442. The second kappa shape index (κ2) is 7.84. The summed E-state index contributed by atoms with van der Waals surface area (Å²) in [6.45, 7) is 4.04. The number of para-hydroxylation sites is 1. The molecule has 2 atom stereocenters. The van der Waals surface area contributed by atoms with Crippen molar-refractivity contribution in [3.63, 3.8) is 0 Å². The average Bonchev–Trinajstić information content (AvgIpc) is 3.53. The molecule has 1 amide bonds. The van der Waals surface area contributed by atoms with Crippen molar-refractivity contribution in [2.45, 2.75) is 19.4 Å². The van der Waals surface area contributed by atoms with E-state index >= 15 is 0 Å². The molecule has 1 saturated heterocycles. The smallest absolute Gasteiger partial charge is 0.269 e. The maximum atomic E-state index is 11.9. The van der Waals surface area contributed by atoms with E-state index < -0.39 is 5.91 Å². The fourth-order valence-electron chi connectivity index (χ4n) is 4.10. The number of amides is 1. The van der Waals surface area contributed by atoms with Gasteiger partial charge in [-0.1, -0.05) is 36.8 Å². The van der Waals surface area contributed by atoms with Crippen molar-refractivity contribution in [2.24, 2.45) is 11.7 Å². The molecular formula is C22H24N8O. The van der Waals surface area contributed by atoms with Gasteiger partial charge in [0.1, 0.15) is 5.69 Å². The Hall–Kier alpha value is -3.72. The number of anilines is 1.